The maximum absolute atomic E-state index is 6.27. The van der Waals surface area contributed by atoms with E-state index in [0.717, 1.165) is 18.7 Å². The van der Waals surface area contributed by atoms with E-state index >= 15 is 0 Å². The Morgan fingerprint density at radius 1 is 1.16 bits per heavy atom. The molecular weight excluding hydrogens is 234 g/mol. The van der Waals surface area contributed by atoms with Gasteiger partial charge in [0.25, 0.3) is 0 Å². The lowest BCUT2D eigenvalue weighted by atomic mass is 9.77. The van der Waals surface area contributed by atoms with E-state index in [2.05, 4.69) is 57.3 Å². The third kappa shape index (κ3) is 4.24. The average molecular weight is 261 g/mol. The second-order valence-electron chi connectivity index (χ2n) is 6.88. The highest BCUT2D eigenvalue weighted by atomic mass is 16.5. The Bertz CT molecular complexity index is 398. The summed E-state index contributed by atoms with van der Waals surface area (Å²) in [5.41, 5.74) is 1.55. The fourth-order valence-electron chi connectivity index (χ4n) is 2.50. The van der Waals surface area contributed by atoms with Crippen LogP contribution in [0.15, 0.2) is 24.3 Å². The zero-order valence-corrected chi connectivity index (χ0v) is 12.8. The standard InChI is InChI=1S/C17H27NO/c1-14-6-8-15(9-7-14)19-17(10-5-11-17)12-13-18-16(2,3)4/h6-9,18H,5,10-13H2,1-4H3. The highest BCUT2D eigenvalue weighted by Crippen LogP contribution is 2.39. The van der Waals surface area contributed by atoms with Crippen molar-refractivity contribution in [2.45, 2.75) is 64.5 Å². The second kappa shape index (κ2) is 5.54. The van der Waals surface area contributed by atoms with Crippen LogP contribution >= 0.6 is 0 Å². The summed E-state index contributed by atoms with van der Waals surface area (Å²) in [5, 5.41) is 3.56. The van der Waals surface area contributed by atoms with Gasteiger partial charge in [-0.15, -0.1) is 0 Å². The molecule has 1 aromatic rings. The summed E-state index contributed by atoms with van der Waals surface area (Å²) in [6.07, 6.45) is 4.76. The van der Waals surface area contributed by atoms with Crippen LogP contribution in [0.3, 0.4) is 0 Å². The Morgan fingerprint density at radius 3 is 2.26 bits per heavy atom. The molecule has 0 unspecified atom stereocenters. The van der Waals surface area contributed by atoms with E-state index in [-0.39, 0.29) is 11.1 Å². The molecule has 1 saturated carbocycles. The van der Waals surface area contributed by atoms with Crippen molar-refractivity contribution in [3.05, 3.63) is 29.8 Å². The molecule has 1 N–H and O–H groups in total. The highest BCUT2D eigenvalue weighted by Gasteiger charge is 2.39. The number of hydrogen-bond acceptors (Lipinski definition) is 2. The van der Waals surface area contributed by atoms with E-state index in [1.807, 2.05) is 0 Å². The zero-order valence-electron chi connectivity index (χ0n) is 12.8. The van der Waals surface area contributed by atoms with Crippen molar-refractivity contribution in [1.29, 1.82) is 0 Å². The van der Waals surface area contributed by atoms with Gasteiger partial charge in [-0.25, -0.2) is 0 Å². The van der Waals surface area contributed by atoms with Gasteiger partial charge in [0.05, 0.1) is 0 Å². The van der Waals surface area contributed by atoms with Gasteiger partial charge in [-0.1, -0.05) is 17.7 Å². The molecule has 0 aliphatic heterocycles. The van der Waals surface area contributed by atoms with E-state index in [0.29, 0.717) is 0 Å². The van der Waals surface area contributed by atoms with Crippen LogP contribution in [0.4, 0.5) is 0 Å². The van der Waals surface area contributed by atoms with Crippen LogP contribution in [0.1, 0.15) is 52.0 Å². The Kier molecular flexibility index (Phi) is 4.19. The van der Waals surface area contributed by atoms with Gasteiger partial charge in [0.15, 0.2) is 0 Å². The molecule has 0 amide bonds. The summed E-state index contributed by atoms with van der Waals surface area (Å²) in [6.45, 7) is 9.76. The summed E-state index contributed by atoms with van der Waals surface area (Å²) >= 11 is 0. The van der Waals surface area contributed by atoms with Crippen LogP contribution in [0, 0.1) is 6.92 Å². The Balaban J connectivity index is 1.89. The van der Waals surface area contributed by atoms with Gasteiger partial charge in [0.2, 0.25) is 0 Å². The van der Waals surface area contributed by atoms with Crippen LogP contribution in [-0.4, -0.2) is 17.7 Å². The van der Waals surface area contributed by atoms with Crippen molar-refractivity contribution >= 4 is 0 Å². The number of ether oxygens (including phenoxy) is 1. The van der Waals surface area contributed by atoms with Crippen molar-refractivity contribution in [3.8, 4) is 5.75 Å². The van der Waals surface area contributed by atoms with Crippen LogP contribution in [0.2, 0.25) is 0 Å². The lowest BCUT2D eigenvalue weighted by Crippen LogP contribution is -2.47. The molecule has 0 saturated heterocycles. The van der Waals surface area contributed by atoms with Crippen LogP contribution in [0.25, 0.3) is 0 Å². The first kappa shape index (κ1) is 14.4. The molecule has 106 valence electrons. The minimum absolute atomic E-state index is 0.0769. The summed E-state index contributed by atoms with van der Waals surface area (Å²) in [7, 11) is 0. The first-order valence-corrected chi connectivity index (χ1v) is 7.39. The molecule has 0 bridgehead atoms. The number of nitrogens with one attached hydrogen (secondary N) is 1. The molecule has 0 atom stereocenters. The number of hydrogen-bond donors (Lipinski definition) is 1. The molecular formula is C17H27NO. The van der Waals surface area contributed by atoms with E-state index in [1.54, 1.807) is 0 Å². The van der Waals surface area contributed by atoms with Crippen molar-refractivity contribution in [3.63, 3.8) is 0 Å². The predicted molar refractivity (Wildman–Crippen MR) is 80.8 cm³/mol. The van der Waals surface area contributed by atoms with Gasteiger partial charge < -0.3 is 10.1 Å². The number of rotatable bonds is 5. The summed E-state index contributed by atoms with van der Waals surface area (Å²) in [5.74, 6) is 1.01. The Morgan fingerprint density at radius 2 is 1.79 bits per heavy atom. The number of aryl methyl sites for hydroxylation is 1. The molecule has 1 aromatic carbocycles. The normalized spacial score (nSPS) is 17.9. The molecule has 2 rings (SSSR count). The number of benzene rings is 1. The molecule has 0 aromatic heterocycles. The van der Waals surface area contributed by atoms with Crippen LogP contribution in [-0.2, 0) is 0 Å². The predicted octanol–water partition coefficient (Wildman–Crippen LogP) is 4.07. The van der Waals surface area contributed by atoms with Gasteiger partial charge in [-0.2, -0.15) is 0 Å². The monoisotopic (exact) mass is 261 g/mol. The van der Waals surface area contributed by atoms with Gasteiger partial charge in [-0.05, 0) is 72.1 Å². The topological polar surface area (TPSA) is 21.3 Å². The quantitative estimate of drug-likeness (QED) is 0.862. The van der Waals surface area contributed by atoms with E-state index in [4.69, 9.17) is 4.74 Å². The molecule has 1 fully saturated rings. The van der Waals surface area contributed by atoms with E-state index in [1.165, 1.54) is 24.8 Å². The fourth-order valence-corrected chi connectivity index (χ4v) is 2.50. The fraction of sp³-hybridized carbons (Fsp3) is 0.647. The van der Waals surface area contributed by atoms with Crippen LogP contribution < -0.4 is 10.1 Å². The lowest BCUT2D eigenvalue weighted by molar-refractivity contribution is -0.0152. The second-order valence-corrected chi connectivity index (χ2v) is 6.88. The molecule has 0 spiro atoms. The molecule has 2 heteroatoms. The molecule has 1 aliphatic rings. The molecule has 19 heavy (non-hydrogen) atoms. The first-order valence-electron chi connectivity index (χ1n) is 7.39. The van der Waals surface area contributed by atoms with E-state index in [9.17, 15) is 0 Å². The van der Waals surface area contributed by atoms with Gasteiger partial charge in [0.1, 0.15) is 11.4 Å². The summed E-state index contributed by atoms with van der Waals surface area (Å²) in [4.78, 5) is 0. The molecule has 0 radical (unpaired) electrons. The van der Waals surface area contributed by atoms with Crippen LogP contribution in [0.5, 0.6) is 5.75 Å². The van der Waals surface area contributed by atoms with Crippen molar-refractivity contribution < 1.29 is 4.74 Å². The maximum Gasteiger partial charge on any atom is 0.120 e. The largest absolute Gasteiger partial charge is 0.487 e. The Labute approximate surface area is 117 Å². The third-order valence-corrected chi connectivity index (χ3v) is 3.86. The van der Waals surface area contributed by atoms with Gasteiger partial charge in [-0.3, -0.25) is 0 Å². The SMILES string of the molecule is Cc1ccc(OC2(CCNC(C)(C)C)CCC2)cc1. The van der Waals surface area contributed by atoms with Crippen molar-refractivity contribution in [1.82, 2.24) is 5.32 Å². The average Bonchev–Trinajstić information content (AvgIpc) is 2.27. The molecule has 2 nitrogen and oxygen atoms in total. The highest BCUT2D eigenvalue weighted by molar-refractivity contribution is 5.27. The van der Waals surface area contributed by atoms with E-state index < -0.39 is 0 Å². The third-order valence-electron chi connectivity index (χ3n) is 3.86. The van der Waals surface area contributed by atoms with Gasteiger partial charge >= 0.3 is 0 Å². The van der Waals surface area contributed by atoms with Gasteiger partial charge in [0, 0.05) is 5.54 Å². The minimum Gasteiger partial charge on any atom is -0.487 e. The summed E-state index contributed by atoms with van der Waals surface area (Å²) < 4.78 is 6.27. The summed E-state index contributed by atoms with van der Waals surface area (Å²) in [6, 6.07) is 8.42. The smallest absolute Gasteiger partial charge is 0.120 e. The minimum atomic E-state index is 0.0769. The molecule has 1 aliphatic carbocycles. The van der Waals surface area contributed by atoms with Crippen molar-refractivity contribution in [2.24, 2.45) is 0 Å². The molecule has 0 heterocycles. The Hall–Kier alpha value is -1.02. The lowest BCUT2D eigenvalue weighted by Gasteiger charge is -2.42. The van der Waals surface area contributed by atoms with Crippen molar-refractivity contribution in [2.75, 3.05) is 6.54 Å². The zero-order chi connectivity index (χ0) is 13.9. The first-order chi connectivity index (χ1) is 8.89. The maximum atomic E-state index is 6.27.